The number of pyridine rings is 1. The van der Waals surface area contributed by atoms with E-state index >= 15 is 0 Å². The van der Waals surface area contributed by atoms with Gasteiger partial charge in [0.05, 0.1) is 4.91 Å². The van der Waals surface area contributed by atoms with Crippen LogP contribution in [0.25, 0.3) is 6.08 Å². The normalized spacial score (nSPS) is 14.7. The first-order valence-electron chi connectivity index (χ1n) is 11.2. The highest BCUT2D eigenvalue weighted by atomic mass is 32.2. The molecule has 1 N–H and O–H groups in total. The number of benzene rings is 1. The maximum Gasteiger partial charge on any atom is 0.270 e. The first-order valence-corrected chi connectivity index (χ1v) is 12.5. The summed E-state index contributed by atoms with van der Waals surface area (Å²) in [6.07, 6.45) is 4.12. The van der Waals surface area contributed by atoms with Gasteiger partial charge in [0, 0.05) is 25.2 Å². The molecular formula is C25H27FN4O2S2. The molecule has 0 bridgehead atoms. The summed E-state index contributed by atoms with van der Waals surface area (Å²) in [4.78, 5) is 28.2. The van der Waals surface area contributed by atoms with Gasteiger partial charge in [-0.1, -0.05) is 56.4 Å². The molecule has 1 saturated heterocycles. The quantitative estimate of drug-likeness (QED) is 0.379. The van der Waals surface area contributed by atoms with E-state index in [1.165, 1.54) is 23.9 Å². The summed E-state index contributed by atoms with van der Waals surface area (Å²) in [5, 5.41) is 13.0. The Labute approximate surface area is 208 Å². The fourth-order valence-electron chi connectivity index (χ4n) is 3.72. The molecule has 9 heteroatoms. The molecule has 0 spiro atoms. The molecule has 0 unspecified atom stereocenters. The maximum absolute atomic E-state index is 13.3. The van der Waals surface area contributed by atoms with E-state index < -0.39 is 0 Å². The number of hydrogen-bond acceptors (Lipinski definition) is 6. The van der Waals surface area contributed by atoms with Crippen LogP contribution >= 0.6 is 24.0 Å². The highest BCUT2D eigenvalue weighted by molar-refractivity contribution is 8.26. The van der Waals surface area contributed by atoms with Crippen molar-refractivity contribution < 1.29 is 9.18 Å². The lowest BCUT2D eigenvalue weighted by molar-refractivity contribution is -0.122. The summed E-state index contributed by atoms with van der Waals surface area (Å²) in [6.45, 7) is 7.02. The summed E-state index contributed by atoms with van der Waals surface area (Å²) >= 11 is 6.61. The number of anilines is 1. The summed E-state index contributed by atoms with van der Waals surface area (Å²) < 4.78 is 15.4. The molecule has 34 heavy (non-hydrogen) atoms. The zero-order valence-electron chi connectivity index (χ0n) is 19.5. The molecular weight excluding hydrogens is 471 g/mol. The standard InChI is InChI=1S/C25H27FN4O2S2/c1-4-6-12-29-22(28-15-17-7-9-18(26)10-8-17)19(16(3)20(14-27)23(29)31)13-21-24(32)30(11-5-2)25(33)34-21/h7-10,13,28H,4-6,11-12,15H2,1-3H3/b21-13+. The number of nitrogens with one attached hydrogen (secondary N) is 1. The third-order valence-electron chi connectivity index (χ3n) is 5.58. The lowest BCUT2D eigenvalue weighted by Crippen LogP contribution is -2.29. The molecule has 2 aromatic rings. The first kappa shape index (κ1) is 25.7. The number of halogens is 1. The molecule has 0 saturated carbocycles. The Morgan fingerprint density at radius 3 is 2.50 bits per heavy atom. The molecule has 0 radical (unpaired) electrons. The van der Waals surface area contributed by atoms with Crippen LogP contribution in [-0.4, -0.2) is 26.2 Å². The smallest absolute Gasteiger partial charge is 0.270 e. The van der Waals surface area contributed by atoms with E-state index in [9.17, 15) is 19.2 Å². The van der Waals surface area contributed by atoms with Gasteiger partial charge in [-0.25, -0.2) is 4.39 Å². The predicted molar refractivity (Wildman–Crippen MR) is 139 cm³/mol. The van der Waals surface area contributed by atoms with Gasteiger partial charge in [-0.05, 0) is 49.1 Å². The molecule has 0 atom stereocenters. The van der Waals surface area contributed by atoms with Crippen LogP contribution in [-0.2, 0) is 17.9 Å². The minimum absolute atomic E-state index is 0.0544. The number of rotatable bonds is 9. The fraction of sp³-hybridized carbons (Fsp3) is 0.360. The summed E-state index contributed by atoms with van der Waals surface area (Å²) in [5.74, 6) is 0.0261. The molecule has 2 heterocycles. The number of unbranched alkanes of at least 4 members (excludes halogenated alkanes) is 1. The van der Waals surface area contributed by atoms with Crippen LogP contribution in [0.5, 0.6) is 0 Å². The number of carbonyl (C=O) groups excluding carboxylic acids is 1. The Kier molecular flexibility index (Phi) is 8.64. The van der Waals surface area contributed by atoms with Gasteiger partial charge in [0.1, 0.15) is 27.6 Å². The average molecular weight is 499 g/mol. The van der Waals surface area contributed by atoms with Crippen molar-refractivity contribution >= 4 is 46.1 Å². The molecule has 1 amide bonds. The largest absolute Gasteiger partial charge is 0.367 e. The molecule has 1 aromatic carbocycles. The molecule has 3 rings (SSSR count). The Morgan fingerprint density at radius 1 is 1.18 bits per heavy atom. The first-order chi connectivity index (χ1) is 16.3. The summed E-state index contributed by atoms with van der Waals surface area (Å²) in [6, 6.07) is 8.14. The lowest BCUT2D eigenvalue weighted by Gasteiger charge is -2.20. The Hall–Kier alpha value is -2.96. The van der Waals surface area contributed by atoms with Gasteiger partial charge in [-0.2, -0.15) is 5.26 Å². The van der Waals surface area contributed by atoms with Crippen molar-refractivity contribution in [3.8, 4) is 6.07 Å². The molecule has 1 aromatic heterocycles. The third kappa shape index (κ3) is 5.40. The molecule has 1 aliphatic rings. The van der Waals surface area contributed by atoms with Crippen molar-refractivity contribution in [3.63, 3.8) is 0 Å². The van der Waals surface area contributed by atoms with Crippen LogP contribution in [0.3, 0.4) is 0 Å². The number of carbonyl (C=O) groups is 1. The predicted octanol–water partition coefficient (Wildman–Crippen LogP) is 5.19. The van der Waals surface area contributed by atoms with E-state index in [0.29, 0.717) is 45.8 Å². The van der Waals surface area contributed by atoms with Gasteiger partial charge in [-0.3, -0.25) is 19.1 Å². The number of amides is 1. The minimum Gasteiger partial charge on any atom is -0.367 e. The third-order valence-corrected chi connectivity index (χ3v) is 6.96. The Balaban J connectivity index is 2.15. The van der Waals surface area contributed by atoms with E-state index in [2.05, 4.69) is 5.32 Å². The van der Waals surface area contributed by atoms with Crippen LogP contribution in [0.1, 0.15) is 55.4 Å². The summed E-state index contributed by atoms with van der Waals surface area (Å²) in [5.41, 5.74) is 1.62. The zero-order chi connectivity index (χ0) is 24.8. The molecule has 0 aliphatic carbocycles. The second-order valence-electron chi connectivity index (χ2n) is 8.00. The number of thioether (sulfide) groups is 1. The highest BCUT2D eigenvalue weighted by Crippen LogP contribution is 2.35. The fourth-order valence-corrected chi connectivity index (χ4v) is 5.01. The zero-order valence-corrected chi connectivity index (χ0v) is 21.1. The van der Waals surface area contributed by atoms with Crippen molar-refractivity contribution in [3.05, 3.63) is 67.6 Å². The monoisotopic (exact) mass is 498 g/mol. The maximum atomic E-state index is 13.3. The molecule has 1 fully saturated rings. The van der Waals surface area contributed by atoms with Crippen LogP contribution in [0, 0.1) is 24.1 Å². The topological polar surface area (TPSA) is 78.1 Å². The van der Waals surface area contributed by atoms with E-state index in [1.807, 2.05) is 19.9 Å². The number of thiocarbonyl (C=S) groups is 1. The SMILES string of the molecule is CCCCn1c(NCc2ccc(F)cc2)c(/C=C2/SC(=S)N(CCC)C2=O)c(C)c(C#N)c1=O. The van der Waals surface area contributed by atoms with Gasteiger partial charge >= 0.3 is 0 Å². The van der Waals surface area contributed by atoms with Crippen LogP contribution in [0.15, 0.2) is 34.0 Å². The average Bonchev–Trinajstić information content (AvgIpc) is 3.08. The lowest BCUT2D eigenvalue weighted by atomic mass is 10.0. The van der Waals surface area contributed by atoms with Crippen LogP contribution < -0.4 is 10.9 Å². The van der Waals surface area contributed by atoms with Crippen molar-refractivity contribution in [1.29, 1.82) is 5.26 Å². The number of nitrogens with zero attached hydrogens (tertiary/aromatic N) is 3. The van der Waals surface area contributed by atoms with E-state index in [-0.39, 0.29) is 22.8 Å². The van der Waals surface area contributed by atoms with E-state index in [0.717, 1.165) is 24.8 Å². The van der Waals surface area contributed by atoms with Crippen LogP contribution in [0.2, 0.25) is 0 Å². The van der Waals surface area contributed by atoms with Crippen molar-refractivity contribution in [2.45, 2.75) is 53.1 Å². The molecule has 178 valence electrons. The van der Waals surface area contributed by atoms with Crippen molar-refractivity contribution in [2.24, 2.45) is 0 Å². The second-order valence-corrected chi connectivity index (χ2v) is 9.67. The Bertz CT molecular complexity index is 1230. The van der Waals surface area contributed by atoms with Gasteiger partial charge in [0.2, 0.25) is 0 Å². The van der Waals surface area contributed by atoms with Crippen molar-refractivity contribution in [1.82, 2.24) is 9.47 Å². The second kappa shape index (κ2) is 11.4. The number of hydrogen-bond donors (Lipinski definition) is 1. The van der Waals surface area contributed by atoms with Gasteiger partial charge in [0.15, 0.2) is 0 Å². The van der Waals surface area contributed by atoms with Gasteiger partial charge < -0.3 is 5.32 Å². The Morgan fingerprint density at radius 2 is 1.88 bits per heavy atom. The number of nitriles is 1. The van der Waals surface area contributed by atoms with Crippen LogP contribution in [0.4, 0.5) is 10.2 Å². The van der Waals surface area contributed by atoms with E-state index in [4.69, 9.17) is 12.2 Å². The van der Waals surface area contributed by atoms with Crippen molar-refractivity contribution in [2.75, 3.05) is 11.9 Å². The van der Waals surface area contributed by atoms with Gasteiger partial charge in [0.25, 0.3) is 11.5 Å². The van der Waals surface area contributed by atoms with Gasteiger partial charge in [-0.15, -0.1) is 0 Å². The molecule has 6 nitrogen and oxygen atoms in total. The van der Waals surface area contributed by atoms with E-state index in [1.54, 1.807) is 34.6 Å². The number of aromatic nitrogens is 1. The summed E-state index contributed by atoms with van der Waals surface area (Å²) in [7, 11) is 0. The minimum atomic E-state index is -0.370. The molecule has 1 aliphatic heterocycles. The highest BCUT2D eigenvalue weighted by Gasteiger charge is 2.32.